The van der Waals surface area contributed by atoms with Gasteiger partial charge in [0, 0.05) is 25.2 Å². The molecule has 0 saturated carbocycles. The fraction of sp³-hybridized carbons (Fsp3) is 0.647. The summed E-state index contributed by atoms with van der Waals surface area (Å²) in [5.41, 5.74) is 1.56. The third kappa shape index (κ3) is 4.42. The van der Waals surface area contributed by atoms with Gasteiger partial charge in [-0.05, 0) is 50.8 Å². The highest BCUT2D eigenvalue weighted by molar-refractivity contribution is 5.49. The van der Waals surface area contributed by atoms with E-state index in [1.54, 1.807) is 6.07 Å². The van der Waals surface area contributed by atoms with Gasteiger partial charge in [-0.1, -0.05) is 13.0 Å². The van der Waals surface area contributed by atoms with E-state index in [2.05, 4.69) is 26.1 Å². The van der Waals surface area contributed by atoms with Gasteiger partial charge in [0.05, 0.1) is 11.8 Å². The summed E-state index contributed by atoms with van der Waals surface area (Å²) in [5, 5.41) is 13.3. The highest BCUT2D eigenvalue weighted by atomic mass is 19.1. The molecule has 0 aromatic heterocycles. The average Bonchev–Trinajstić information content (AvgIpc) is 2.39. The number of halogens is 1. The first kappa shape index (κ1) is 16.2. The average molecular weight is 294 g/mol. The molecule has 2 N–H and O–H groups in total. The Bertz CT molecular complexity index is 484. The number of β-amino-alcohol motifs (C(OH)–C–C–N with tert-alkyl or cyclic N) is 1. The Kier molecular flexibility index (Phi) is 4.89. The molecule has 0 bridgehead atoms. The van der Waals surface area contributed by atoms with E-state index < -0.39 is 0 Å². The fourth-order valence-electron chi connectivity index (χ4n) is 2.55. The number of nitrogens with one attached hydrogen (secondary N) is 1. The van der Waals surface area contributed by atoms with Crippen molar-refractivity contribution in [3.63, 3.8) is 0 Å². The molecular weight excluding hydrogens is 267 g/mol. The van der Waals surface area contributed by atoms with Crippen LogP contribution >= 0.6 is 0 Å². The number of hydrogen-bond acceptors (Lipinski definition) is 3. The molecule has 2 rings (SSSR count). The standard InChI is InChI=1S/C17H27FN2O/c1-12-7-8-20(11-16(12)21)15-6-5-13(9-14(15)18)10-19-17(2,3)4/h5-6,9,12,16,19,21H,7-8,10-11H2,1-4H3. The number of anilines is 1. The Balaban J connectivity index is 2.05. The number of aliphatic hydroxyl groups is 1. The van der Waals surface area contributed by atoms with Crippen LogP contribution in [0, 0.1) is 11.7 Å². The summed E-state index contributed by atoms with van der Waals surface area (Å²) in [6.45, 7) is 10.3. The van der Waals surface area contributed by atoms with E-state index in [0.717, 1.165) is 18.5 Å². The molecule has 1 aromatic carbocycles. The number of aliphatic hydroxyl groups excluding tert-OH is 1. The van der Waals surface area contributed by atoms with Crippen LogP contribution in [-0.4, -0.2) is 29.8 Å². The van der Waals surface area contributed by atoms with Crippen molar-refractivity contribution in [2.45, 2.75) is 52.3 Å². The largest absolute Gasteiger partial charge is 0.391 e. The summed E-state index contributed by atoms with van der Waals surface area (Å²) in [6.07, 6.45) is 0.522. The molecular formula is C17H27FN2O. The first-order chi connectivity index (χ1) is 9.76. The van der Waals surface area contributed by atoms with Gasteiger partial charge in [-0.3, -0.25) is 0 Å². The van der Waals surface area contributed by atoms with Crippen LogP contribution in [0.5, 0.6) is 0 Å². The summed E-state index contributed by atoms with van der Waals surface area (Å²) in [6, 6.07) is 5.39. The Morgan fingerprint density at radius 2 is 2.10 bits per heavy atom. The molecule has 2 atom stereocenters. The number of benzene rings is 1. The zero-order valence-corrected chi connectivity index (χ0v) is 13.5. The summed E-state index contributed by atoms with van der Waals surface area (Å²) < 4.78 is 14.3. The van der Waals surface area contributed by atoms with Gasteiger partial charge in [0.15, 0.2) is 0 Å². The van der Waals surface area contributed by atoms with Crippen molar-refractivity contribution < 1.29 is 9.50 Å². The van der Waals surface area contributed by atoms with Gasteiger partial charge >= 0.3 is 0 Å². The SMILES string of the molecule is CC1CCN(c2ccc(CNC(C)(C)C)cc2F)CC1O. The Hall–Kier alpha value is -1.13. The van der Waals surface area contributed by atoms with E-state index in [0.29, 0.717) is 24.7 Å². The molecule has 1 fully saturated rings. The van der Waals surface area contributed by atoms with Crippen molar-refractivity contribution in [2.75, 3.05) is 18.0 Å². The molecule has 2 unspecified atom stereocenters. The second-order valence-corrected chi connectivity index (χ2v) is 7.17. The first-order valence-electron chi connectivity index (χ1n) is 7.73. The molecule has 21 heavy (non-hydrogen) atoms. The van der Waals surface area contributed by atoms with E-state index in [9.17, 15) is 9.50 Å². The predicted molar refractivity (Wildman–Crippen MR) is 85.0 cm³/mol. The number of hydrogen-bond donors (Lipinski definition) is 2. The lowest BCUT2D eigenvalue weighted by atomic mass is 9.95. The minimum Gasteiger partial charge on any atom is -0.391 e. The van der Waals surface area contributed by atoms with E-state index in [-0.39, 0.29) is 17.5 Å². The van der Waals surface area contributed by atoms with Crippen LogP contribution in [0.2, 0.25) is 0 Å². The summed E-state index contributed by atoms with van der Waals surface area (Å²) in [5.74, 6) is 0.0875. The normalized spacial score (nSPS) is 23.4. The van der Waals surface area contributed by atoms with Crippen molar-refractivity contribution in [1.82, 2.24) is 5.32 Å². The zero-order chi connectivity index (χ0) is 15.6. The van der Waals surface area contributed by atoms with Gasteiger partial charge in [0.2, 0.25) is 0 Å². The van der Waals surface area contributed by atoms with Crippen LogP contribution in [0.25, 0.3) is 0 Å². The highest BCUT2D eigenvalue weighted by Gasteiger charge is 2.25. The molecule has 0 spiro atoms. The lowest BCUT2D eigenvalue weighted by Crippen LogP contribution is -2.43. The van der Waals surface area contributed by atoms with Gasteiger partial charge in [0.1, 0.15) is 5.82 Å². The molecule has 1 aliphatic rings. The quantitative estimate of drug-likeness (QED) is 0.900. The monoisotopic (exact) mass is 294 g/mol. The Labute approximate surface area is 127 Å². The zero-order valence-electron chi connectivity index (χ0n) is 13.5. The predicted octanol–water partition coefficient (Wildman–Crippen LogP) is 2.92. The van der Waals surface area contributed by atoms with Crippen molar-refractivity contribution in [2.24, 2.45) is 5.92 Å². The van der Waals surface area contributed by atoms with Crippen molar-refractivity contribution >= 4 is 5.69 Å². The number of rotatable bonds is 3. The van der Waals surface area contributed by atoms with E-state index in [4.69, 9.17) is 0 Å². The van der Waals surface area contributed by atoms with E-state index in [1.165, 1.54) is 0 Å². The lowest BCUT2D eigenvalue weighted by molar-refractivity contribution is 0.102. The number of nitrogens with zero attached hydrogens (tertiary/aromatic N) is 1. The smallest absolute Gasteiger partial charge is 0.146 e. The third-order valence-electron chi connectivity index (χ3n) is 4.09. The fourth-order valence-corrected chi connectivity index (χ4v) is 2.55. The maximum atomic E-state index is 14.3. The van der Waals surface area contributed by atoms with Crippen LogP contribution < -0.4 is 10.2 Å². The maximum absolute atomic E-state index is 14.3. The molecule has 0 radical (unpaired) electrons. The van der Waals surface area contributed by atoms with Gasteiger partial charge in [-0.25, -0.2) is 4.39 Å². The van der Waals surface area contributed by atoms with Crippen LogP contribution in [0.15, 0.2) is 18.2 Å². The molecule has 1 saturated heterocycles. The summed E-state index contributed by atoms with van der Waals surface area (Å²) >= 11 is 0. The lowest BCUT2D eigenvalue weighted by Gasteiger charge is -2.36. The van der Waals surface area contributed by atoms with E-state index >= 15 is 0 Å². The van der Waals surface area contributed by atoms with Crippen molar-refractivity contribution in [3.8, 4) is 0 Å². The Morgan fingerprint density at radius 3 is 2.67 bits per heavy atom. The second-order valence-electron chi connectivity index (χ2n) is 7.17. The Morgan fingerprint density at radius 1 is 1.38 bits per heavy atom. The van der Waals surface area contributed by atoms with Gasteiger partial charge < -0.3 is 15.3 Å². The summed E-state index contributed by atoms with van der Waals surface area (Å²) in [7, 11) is 0. The van der Waals surface area contributed by atoms with Crippen molar-refractivity contribution in [3.05, 3.63) is 29.6 Å². The molecule has 118 valence electrons. The van der Waals surface area contributed by atoms with Crippen LogP contribution in [-0.2, 0) is 6.54 Å². The first-order valence-corrected chi connectivity index (χ1v) is 7.73. The van der Waals surface area contributed by atoms with Crippen LogP contribution in [0.4, 0.5) is 10.1 Å². The van der Waals surface area contributed by atoms with Gasteiger partial charge in [-0.2, -0.15) is 0 Å². The van der Waals surface area contributed by atoms with Gasteiger partial charge in [0.25, 0.3) is 0 Å². The molecule has 3 nitrogen and oxygen atoms in total. The molecule has 0 aliphatic carbocycles. The second kappa shape index (κ2) is 6.32. The maximum Gasteiger partial charge on any atom is 0.146 e. The van der Waals surface area contributed by atoms with Crippen LogP contribution in [0.1, 0.15) is 39.7 Å². The van der Waals surface area contributed by atoms with Crippen molar-refractivity contribution in [1.29, 1.82) is 0 Å². The topological polar surface area (TPSA) is 35.5 Å². The molecule has 4 heteroatoms. The molecule has 1 heterocycles. The molecule has 1 aliphatic heterocycles. The minimum absolute atomic E-state index is 0.0161. The highest BCUT2D eigenvalue weighted by Crippen LogP contribution is 2.26. The van der Waals surface area contributed by atoms with Gasteiger partial charge in [-0.15, -0.1) is 0 Å². The third-order valence-corrected chi connectivity index (χ3v) is 4.09. The molecule has 0 amide bonds. The van der Waals surface area contributed by atoms with Crippen LogP contribution in [0.3, 0.4) is 0 Å². The number of piperidine rings is 1. The summed E-state index contributed by atoms with van der Waals surface area (Å²) in [4.78, 5) is 1.95. The molecule has 1 aromatic rings. The van der Waals surface area contributed by atoms with E-state index in [1.807, 2.05) is 24.0 Å². The minimum atomic E-state index is -0.375.